The Bertz CT molecular complexity index is 684. The van der Waals surface area contributed by atoms with Gasteiger partial charge in [-0.05, 0) is 63.0 Å². The van der Waals surface area contributed by atoms with E-state index in [4.69, 9.17) is 9.47 Å². The van der Waals surface area contributed by atoms with Gasteiger partial charge in [0, 0.05) is 46.4 Å². The smallest absolute Gasteiger partial charge is 0.193 e. The molecule has 0 aromatic heterocycles. The molecule has 3 aliphatic heterocycles. The van der Waals surface area contributed by atoms with E-state index < -0.39 is 0 Å². The minimum atomic E-state index is 0.315. The summed E-state index contributed by atoms with van der Waals surface area (Å²) < 4.78 is 12.0. The molecule has 1 aromatic rings. The minimum Gasteiger partial charge on any atom is -0.376 e. The SMILES string of the molecule is CN=C(NCC1CCN(CCc2ccccc2)C1)N1CCC(OCC2CCCCO2)CC1. The lowest BCUT2D eigenvalue weighted by atomic mass is 10.1. The van der Waals surface area contributed by atoms with Crippen molar-refractivity contribution < 1.29 is 9.47 Å². The van der Waals surface area contributed by atoms with Crippen LogP contribution < -0.4 is 5.32 Å². The van der Waals surface area contributed by atoms with Gasteiger partial charge in [0.2, 0.25) is 0 Å². The molecule has 32 heavy (non-hydrogen) atoms. The second-order valence-corrected chi connectivity index (χ2v) is 9.63. The summed E-state index contributed by atoms with van der Waals surface area (Å²) in [5.74, 6) is 1.76. The number of piperidine rings is 1. The molecule has 0 spiro atoms. The van der Waals surface area contributed by atoms with Crippen LogP contribution in [0.2, 0.25) is 0 Å². The molecule has 1 N–H and O–H groups in total. The first-order chi connectivity index (χ1) is 15.8. The zero-order valence-corrected chi connectivity index (χ0v) is 19.9. The Morgan fingerprint density at radius 3 is 2.69 bits per heavy atom. The zero-order valence-electron chi connectivity index (χ0n) is 19.9. The molecule has 0 saturated carbocycles. The molecule has 0 radical (unpaired) electrons. The Morgan fingerprint density at radius 2 is 1.94 bits per heavy atom. The van der Waals surface area contributed by atoms with E-state index in [0.29, 0.717) is 18.1 Å². The summed E-state index contributed by atoms with van der Waals surface area (Å²) in [7, 11) is 1.91. The lowest BCUT2D eigenvalue weighted by molar-refractivity contribution is -0.0721. The molecular weight excluding hydrogens is 400 g/mol. The molecule has 3 fully saturated rings. The number of hydrogen-bond donors (Lipinski definition) is 1. The first-order valence-corrected chi connectivity index (χ1v) is 12.7. The van der Waals surface area contributed by atoms with E-state index in [9.17, 15) is 0 Å². The van der Waals surface area contributed by atoms with Gasteiger partial charge in [-0.25, -0.2) is 0 Å². The number of ether oxygens (including phenoxy) is 2. The van der Waals surface area contributed by atoms with Gasteiger partial charge in [-0.2, -0.15) is 0 Å². The van der Waals surface area contributed by atoms with Crippen molar-refractivity contribution in [2.75, 3.05) is 59.5 Å². The number of benzene rings is 1. The highest BCUT2D eigenvalue weighted by atomic mass is 16.5. The third-order valence-electron chi connectivity index (χ3n) is 7.22. The van der Waals surface area contributed by atoms with Crippen molar-refractivity contribution in [1.82, 2.24) is 15.1 Å². The van der Waals surface area contributed by atoms with Crippen molar-refractivity contribution in [3.8, 4) is 0 Å². The Morgan fingerprint density at radius 1 is 1.09 bits per heavy atom. The highest BCUT2D eigenvalue weighted by Crippen LogP contribution is 2.19. The van der Waals surface area contributed by atoms with Gasteiger partial charge >= 0.3 is 0 Å². The van der Waals surface area contributed by atoms with Gasteiger partial charge in [0.1, 0.15) is 0 Å². The van der Waals surface area contributed by atoms with E-state index in [-0.39, 0.29) is 0 Å². The fraction of sp³-hybridized carbons (Fsp3) is 0.731. The molecule has 0 bridgehead atoms. The highest BCUT2D eigenvalue weighted by Gasteiger charge is 2.26. The van der Waals surface area contributed by atoms with Crippen molar-refractivity contribution in [2.24, 2.45) is 10.9 Å². The van der Waals surface area contributed by atoms with Crippen LogP contribution in [0, 0.1) is 5.92 Å². The van der Waals surface area contributed by atoms with Crippen molar-refractivity contribution in [3.63, 3.8) is 0 Å². The van der Waals surface area contributed by atoms with Crippen LogP contribution in [0.25, 0.3) is 0 Å². The van der Waals surface area contributed by atoms with Crippen LogP contribution >= 0.6 is 0 Å². The van der Waals surface area contributed by atoms with Gasteiger partial charge in [0.05, 0.1) is 18.8 Å². The number of nitrogens with zero attached hydrogens (tertiary/aromatic N) is 3. The lowest BCUT2D eigenvalue weighted by Gasteiger charge is -2.35. The maximum absolute atomic E-state index is 6.17. The largest absolute Gasteiger partial charge is 0.376 e. The topological polar surface area (TPSA) is 49.3 Å². The second-order valence-electron chi connectivity index (χ2n) is 9.63. The summed E-state index contributed by atoms with van der Waals surface area (Å²) in [6, 6.07) is 10.8. The first kappa shape index (κ1) is 23.5. The van der Waals surface area contributed by atoms with E-state index in [1.807, 2.05) is 7.05 Å². The van der Waals surface area contributed by atoms with Gasteiger partial charge < -0.3 is 24.6 Å². The van der Waals surface area contributed by atoms with Crippen molar-refractivity contribution in [3.05, 3.63) is 35.9 Å². The van der Waals surface area contributed by atoms with E-state index >= 15 is 0 Å². The number of rotatable bonds is 8. The predicted octanol–water partition coefficient (Wildman–Crippen LogP) is 3.18. The van der Waals surface area contributed by atoms with Gasteiger partial charge in [0.15, 0.2) is 5.96 Å². The molecule has 6 nitrogen and oxygen atoms in total. The number of likely N-dealkylation sites (tertiary alicyclic amines) is 2. The average molecular weight is 443 g/mol. The second kappa shape index (κ2) is 12.6. The highest BCUT2D eigenvalue weighted by molar-refractivity contribution is 5.80. The van der Waals surface area contributed by atoms with E-state index in [1.165, 1.54) is 37.9 Å². The Balaban J connectivity index is 1.11. The average Bonchev–Trinajstić information content (AvgIpc) is 3.32. The molecule has 4 rings (SSSR count). The molecule has 2 unspecified atom stereocenters. The Kier molecular flexibility index (Phi) is 9.24. The molecule has 1 aromatic carbocycles. The van der Waals surface area contributed by atoms with E-state index in [1.54, 1.807) is 0 Å². The minimum absolute atomic E-state index is 0.315. The summed E-state index contributed by atoms with van der Waals surface area (Å²) in [5, 5.41) is 3.66. The molecular formula is C26H42N4O2. The van der Waals surface area contributed by atoms with Crippen LogP contribution in [0.15, 0.2) is 35.3 Å². The fourth-order valence-corrected chi connectivity index (χ4v) is 5.20. The monoisotopic (exact) mass is 442 g/mol. The maximum atomic E-state index is 6.17. The number of hydrogen-bond acceptors (Lipinski definition) is 4. The van der Waals surface area contributed by atoms with Crippen LogP contribution in [-0.2, 0) is 15.9 Å². The first-order valence-electron chi connectivity index (χ1n) is 12.7. The van der Waals surface area contributed by atoms with Crippen LogP contribution in [0.5, 0.6) is 0 Å². The number of nitrogens with one attached hydrogen (secondary N) is 1. The molecule has 3 aliphatic rings. The summed E-state index contributed by atoms with van der Waals surface area (Å²) in [6.07, 6.45) is 8.88. The van der Waals surface area contributed by atoms with Gasteiger partial charge in [-0.1, -0.05) is 30.3 Å². The standard InChI is InChI=1S/C26H42N4O2/c1-27-26(30-16-12-24(13-17-30)32-21-25-9-5-6-18-31-25)28-19-23-11-15-29(20-23)14-10-22-7-3-2-4-8-22/h2-4,7-8,23-25H,5-6,9-21H2,1H3,(H,27,28). The van der Waals surface area contributed by atoms with Crippen molar-refractivity contribution in [1.29, 1.82) is 0 Å². The van der Waals surface area contributed by atoms with Gasteiger partial charge in [-0.3, -0.25) is 4.99 Å². The molecule has 0 amide bonds. The van der Waals surface area contributed by atoms with Crippen molar-refractivity contribution in [2.45, 2.75) is 57.2 Å². The molecule has 3 heterocycles. The summed E-state index contributed by atoms with van der Waals surface area (Å²) in [4.78, 5) is 9.58. The summed E-state index contributed by atoms with van der Waals surface area (Å²) in [6.45, 7) is 8.29. The molecule has 178 valence electrons. The Labute approximate surface area is 194 Å². The third-order valence-corrected chi connectivity index (χ3v) is 7.22. The predicted molar refractivity (Wildman–Crippen MR) is 130 cm³/mol. The van der Waals surface area contributed by atoms with Gasteiger partial charge in [-0.15, -0.1) is 0 Å². The van der Waals surface area contributed by atoms with Crippen LogP contribution in [0.3, 0.4) is 0 Å². The van der Waals surface area contributed by atoms with Crippen LogP contribution in [-0.4, -0.2) is 87.5 Å². The fourth-order valence-electron chi connectivity index (χ4n) is 5.20. The van der Waals surface area contributed by atoms with Crippen molar-refractivity contribution >= 4 is 5.96 Å². The molecule has 2 atom stereocenters. The summed E-state index contributed by atoms with van der Waals surface area (Å²) >= 11 is 0. The van der Waals surface area contributed by atoms with Crippen LogP contribution in [0.1, 0.15) is 44.1 Å². The number of guanidine groups is 1. The Hall–Kier alpha value is -1.63. The van der Waals surface area contributed by atoms with E-state index in [0.717, 1.165) is 71.0 Å². The molecule has 0 aliphatic carbocycles. The summed E-state index contributed by atoms with van der Waals surface area (Å²) in [5.41, 5.74) is 1.44. The van der Waals surface area contributed by atoms with E-state index in [2.05, 4.69) is 50.4 Å². The van der Waals surface area contributed by atoms with Crippen LogP contribution in [0.4, 0.5) is 0 Å². The lowest BCUT2D eigenvalue weighted by Crippen LogP contribution is -2.48. The third kappa shape index (κ3) is 7.19. The molecule has 6 heteroatoms. The molecule has 3 saturated heterocycles. The normalized spacial score (nSPS) is 25.9. The maximum Gasteiger partial charge on any atom is 0.193 e. The zero-order chi connectivity index (χ0) is 22.0. The quantitative estimate of drug-likeness (QED) is 0.495. The van der Waals surface area contributed by atoms with Gasteiger partial charge in [0.25, 0.3) is 0 Å². The number of aliphatic imine (C=N–C) groups is 1.